The summed E-state index contributed by atoms with van der Waals surface area (Å²) in [5, 5.41) is 10.5. The molecule has 0 aliphatic carbocycles. The molecule has 0 aliphatic heterocycles. The lowest BCUT2D eigenvalue weighted by atomic mass is 9.98. The van der Waals surface area contributed by atoms with Gasteiger partial charge in [-0.1, -0.05) is 18.2 Å². The standard InChI is InChI=1S/C16H17FO3/c1-10-7-8-11(12(17)9-10)16(18)15-13(19-2)5-4-6-14(15)20-3/h4-9,16,18H,1-3H3. The summed E-state index contributed by atoms with van der Waals surface area (Å²) >= 11 is 0. The van der Waals surface area contributed by atoms with Crippen LogP contribution in [0.25, 0.3) is 0 Å². The predicted molar refractivity (Wildman–Crippen MR) is 74.7 cm³/mol. The molecule has 0 spiro atoms. The van der Waals surface area contributed by atoms with Crippen molar-refractivity contribution in [3.05, 3.63) is 58.9 Å². The van der Waals surface area contributed by atoms with Crippen LogP contribution in [-0.2, 0) is 0 Å². The molecular formula is C16H17FO3. The number of halogens is 1. The van der Waals surface area contributed by atoms with Crippen LogP contribution in [0.15, 0.2) is 36.4 Å². The van der Waals surface area contributed by atoms with Gasteiger partial charge in [0.1, 0.15) is 23.4 Å². The Morgan fingerprint density at radius 2 is 1.65 bits per heavy atom. The molecule has 1 N–H and O–H groups in total. The van der Waals surface area contributed by atoms with Gasteiger partial charge in [0, 0.05) is 5.56 Å². The van der Waals surface area contributed by atoms with Crippen molar-refractivity contribution in [2.24, 2.45) is 0 Å². The van der Waals surface area contributed by atoms with E-state index in [1.165, 1.54) is 20.3 Å². The average Bonchev–Trinajstić information content (AvgIpc) is 2.45. The van der Waals surface area contributed by atoms with E-state index in [9.17, 15) is 9.50 Å². The number of rotatable bonds is 4. The maximum atomic E-state index is 14.0. The second kappa shape index (κ2) is 5.92. The van der Waals surface area contributed by atoms with Crippen molar-refractivity contribution < 1.29 is 19.0 Å². The fourth-order valence-electron chi connectivity index (χ4n) is 2.16. The van der Waals surface area contributed by atoms with Gasteiger partial charge in [0.25, 0.3) is 0 Å². The molecule has 0 bridgehead atoms. The molecule has 20 heavy (non-hydrogen) atoms. The minimum atomic E-state index is -1.15. The Kier molecular flexibility index (Phi) is 4.25. The minimum Gasteiger partial charge on any atom is -0.496 e. The van der Waals surface area contributed by atoms with Crippen molar-refractivity contribution in [2.75, 3.05) is 14.2 Å². The molecule has 0 heterocycles. The van der Waals surface area contributed by atoms with Gasteiger partial charge in [0.05, 0.1) is 19.8 Å². The highest BCUT2D eigenvalue weighted by Gasteiger charge is 2.22. The monoisotopic (exact) mass is 276 g/mol. The molecule has 2 aromatic rings. The summed E-state index contributed by atoms with van der Waals surface area (Å²) in [5.74, 6) is 0.458. The molecule has 0 saturated heterocycles. The van der Waals surface area contributed by atoms with Crippen LogP contribution in [0.4, 0.5) is 4.39 Å². The molecule has 0 saturated carbocycles. The third-order valence-corrected chi connectivity index (χ3v) is 3.19. The maximum absolute atomic E-state index is 14.0. The van der Waals surface area contributed by atoms with Crippen molar-refractivity contribution in [3.8, 4) is 11.5 Å². The lowest BCUT2D eigenvalue weighted by Crippen LogP contribution is -2.07. The first-order valence-electron chi connectivity index (χ1n) is 6.23. The SMILES string of the molecule is COc1cccc(OC)c1C(O)c1ccc(C)cc1F. The summed E-state index contributed by atoms with van der Waals surface area (Å²) in [6, 6.07) is 9.87. The van der Waals surface area contributed by atoms with E-state index in [4.69, 9.17) is 9.47 Å². The topological polar surface area (TPSA) is 38.7 Å². The Balaban J connectivity index is 2.55. The van der Waals surface area contributed by atoms with Crippen LogP contribution in [0.5, 0.6) is 11.5 Å². The zero-order chi connectivity index (χ0) is 14.7. The molecule has 3 nitrogen and oxygen atoms in total. The summed E-state index contributed by atoms with van der Waals surface area (Å²) in [6.07, 6.45) is -1.15. The van der Waals surface area contributed by atoms with Gasteiger partial charge in [-0.25, -0.2) is 4.39 Å². The van der Waals surface area contributed by atoms with E-state index >= 15 is 0 Å². The van der Waals surface area contributed by atoms with Gasteiger partial charge in [-0.05, 0) is 30.7 Å². The molecule has 4 heteroatoms. The fourth-order valence-corrected chi connectivity index (χ4v) is 2.16. The number of hydrogen-bond acceptors (Lipinski definition) is 3. The molecule has 0 radical (unpaired) electrons. The largest absolute Gasteiger partial charge is 0.496 e. The van der Waals surface area contributed by atoms with E-state index < -0.39 is 11.9 Å². The molecular weight excluding hydrogens is 259 g/mol. The predicted octanol–water partition coefficient (Wildman–Crippen LogP) is 3.23. The smallest absolute Gasteiger partial charge is 0.129 e. The van der Waals surface area contributed by atoms with Gasteiger partial charge in [-0.3, -0.25) is 0 Å². The van der Waals surface area contributed by atoms with E-state index in [1.54, 1.807) is 37.3 Å². The molecule has 0 fully saturated rings. The average molecular weight is 276 g/mol. The number of aryl methyl sites for hydroxylation is 1. The van der Waals surface area contributed by atoms with Crippen molar-refractivity contribution in [1.82, 2.24) is 0 Å². The first-order valence-corrected chi connectivity index (χ1v) is 6.23. The minimum absolute atomic E-state index is 0.193. The molecule has 1 atom stereocenters. The second-order valence-electron chi connectivity index (χ2n) is 4.50. The molecule has 2 rings (SSSR count). The Hall–Kier alpha value is -2.07. The molecule has 0 aromatic heterocycles. The van der Waals surface area contributed by atoms with E-state index in [0.29, 0.717) is 17.1 Å². The zero-order valence-corrected chi connectivity index (χ0v) is 11.7. The molecule has 1 unspecified atom stereocenters. The summed E-state index contributed by atoms with van der Waals surface area (Å²) < 4.78 is 24.5. The normalized spacial score (nSPS) is 12.1. The Bertz CT molecular complexity index is 588. The zero-order valence-electron chi connectivity index (χ0n) is 11.7. The highest BCUT2D eigenvalue weighted by molar-refractivity contribution is 5.49. The molecule has 2 aromatic carbocycles. The van der Waals surface area contributed by atoms with Crippen LogP contribution >= 0.6 is 0 Å². The summed E-state index contributed by atoms with van der Waals surface area (Å²) in [6.45, 7) is 1.79. The van der Waals surface area contributed by atoms with Crippen LogP contribution < -0.4 is 9.47 Å². The summed E-state index contributed by atoms with van der Waals surface area (Å²) in [7, 11) is 2.99. The van der Waals surface area contributed by atoms with Crippen LogP contribution in [0.3, 0.4) is 0 Å². The highest BCUT2D eigenvalue weighted by Crippen LogP contribution is 2.38. The van der Waals surface area contributed by atoms with Crippen molar-refractivity contribution >= 4 is 0 Å². The van der Waals surface area contributed by atoms with E-state index in [1.807, 2.05) is 0 Å². The van der Waals surface area contributed by atoms with Crippen molar-refractivity contribution in [2.45, 2.75) is 13.0 Å². The Labute approximate surface area is 117 Å². The van der Waals surface area contributed by atoms with Crippen LogP contribution in [0.2, 0.25) is 0 Å². The number of aliphatic hydroxyl groups excluding tert-OH is 1. The van der Waals surface area contributed by atoms with E-state index in [0.717, 1.165) is 5.56 Å². The van der Waals surface area contributed by atoms with Crippen LogP contribution in [-0.4, -0.2) is 19.3 Å². The number of ether oxygens (including phenoxy) is 2. The van der Waals surface area contributed by atoms with Crippen molar-refractivity contribution in [1.29, 1.82) is 0 Å². The second-order valence-corrected chi connectivity index (χ2v) is 4.50. The molecule has 106 valence electrons. The van der Waals surface area contributed by atoms with Crippen molar-refractivity contribution in [3.63, 3.8) is 0 Å². The third-order valence-electron chi connectivity index (χ3n) is 3.19. The van der Waals surface area contributed by atoms with Crippen LogP contribution in [0.1, 0.15) is 22.8 Å². The van der Waals surface area contributed by atoms with Gasteiger partial charge >= 0.3 is 0 Å². The Morgan fingerprint density at radius 1 is 1.05 bits per heavy atom. The number of hydrogen-bond donors (Lipinski definition) is 1. The van der Waals surface area contributed by atoms with Gasteiger partial charge in [-0.2, -0.15) is 0 Å². The quantitative estimate of drug-likeness (QED) is 0.931. The molecule has 0 amide bonds. The number of aliphatic hydroxyl groups is 1. The van der Waals surface area contributed by atoms with E-state index in [2.05, 4.69) is 0 Å². The third kappa shape index (κ3) is 2.60. The number of methoxy groups -OCH3 is 2. The van der Waals surface area contributed by atoms with E-state index in [-0.39, 0.29) is 5.56 Å². The summed E-state index contributed by atoms with van der Waals surface area (Å²) in [5.41, 5.74) is 1.41. The Morgan fingerprint density at radius 3 is 2.15 bits per heavy atom. The van der Waals surface area contributed by atoms with Gasteiger partial charge < -0.3 is 14.6 Å². The first kappa shape index (κ1) is 14.3. The lowest BCUT2D eigenvalue weighted by Gasteiger charge is -2.19. The number of benzene rings is 2. The first-order chi connectivity index (χ1) is 9.58. The van der Waals surface area contributed by atoms with Gasteiger partial charge in [0.2, 0.25) is 0 Å². The van der Waals surface area contributed by atoms with Gasteiger partial charge in [0.15, 0.2) is 0 Å². The highest BCUT2D eigenvalue weighted by atomic mass is 19.1. The van der Waals surface area contributed by atoms with Gasteiger partial charge in [-0.15, -0.1) is 0 Å². The summed E-state index contributed by atoms with van der Waals surface area (Å²) in [4.78, 5) is 0. The lowest BCUT2D eigenvalue weighted by molar-refractivity contribution is 0.204. The molecule has 0 aliphatic rings. The fraction of sp³-hybridized carbons (Fsp3) is 0.250. The van der Waals surface area contributed by atoms with Crippen LogP contribution in [0, 0.1) is 12.7 Å². The maximum Gasteiger partial charge on any atom is 0.129 e.